The smallest absolute Gasteiger partial charge is 0.478 e. The van der Waals surface area contributed by atoms with Gasteiger partial charge in [-0.2, -0.15) is 5.26 Å². The van der Waals surface area contributed by atoms with Gasteiger partial charge in [0, 0.05) is 67.7 Å². The molecule has 2 saturated heterocycles. The number of alkyl halides is 3. The predicted molar refractivity (Wildman–Crippen MR) is 179 cm³/mol. The summed E-state index contributed by atoms with van der Waals surface area (Å²) in [7, 11) is 0. The number of likely N-dealkylation sites (tertiary alicyclic amines) is 2. The lowest BCUT2D eigenvalue weighted by Crippen LogP contribution is -2.53. The van der Waals surface area contributed by atoms with Crippen molar-refractivity contribution >= 4 is 29.7 Å². The number of carboxylic acids is 2. The average molecular weight is 739 g/mol. The number of ether oxygens (including phenoxy) is 1. The number of carboxylic acid groups (broad SMARTS) is 2. The zero-order chi connectivity index (χ0) is 38.7. The van der Waals surface area contributed by atoms with Crippen LogP contribution in [0.2, 0.25) is 0 Å². The summed E-state index contributed by atoms with van der Waals surface area (Å²) in [5, 5.41) is 28.0. The molecule has 16 heteroatoms. The van der Waals surface area contributed by atoms with Crippen LogP contribution < -0.4 is 10.1 Å². The number of hydrogen-bond acceptors (Lipinski definition) is 8. The summed E-state index contributed by atoms with van der Waals surface area (Å²) < 4.78 is 58.9. The van der Waals surface area contributed by atoms with Crippen molar-refractivity contribution in [3.8, 4) is 22.9 Å². The molecule has 5 rings (SSSR count). The molecule has 3 N–H and O–H groups in total. The van der Waals surface area contributed by atoms with Gasteiger partial charge < -0.3 is 25.2 Å². The summed E-state index contributed by atoms with van der Waals surface area (Å²) in [5.41, 5.74) is 1.58. The van der Waals surface area contributed by atoms with E-state index >= 15 is 0 Å². The summed E-state index contributed by atoms with van der Waals surface area (Å²) in [4.78, 5) is 59.5. The Bertz CT molecular complexity index is 1880. The molecule has 2 fully saturated rings. The van der Waals surface area contributed by atoms with Crippen molar-refractivity contribution in [2.24, 2.45) is 0 Å². The van der Waals surface area contributed by atoms with E-state index in [-0.39, 0.29) is 78.8 Å². The number of piperidine rings is 2. The van der Waals surface area contributed by atoms with Gasteiger partial charge in [-0.05, 0) is 48.2 Å². The summed E-state index contributed by atoms with van der Waals surface area (Å²) in [6.07, 6.45) is -2.49. The predicted octanol–water partition coefficient (Wildman–Crippen LogP) is 4.99. The Morgan fingerprint density at radius 3 is 2.21 bits per heavy atom. The van der Waals surface area contributed by atoms with Gasteiger partial charge in [0.2, 0.25) is 17.7 Å². The molecule has 278 valence electrons. The number of aliphatic carboxylic acids is 2. The van der Waals surface area contributed by atoms with Gasteiger partial charge in [0.1, 0.15) is 18.1 Å². The molecular weight excluding hydrogens is 704 g/mol. The van der Waals surface area contributed by atoms with Crippen molar-refractivity contribution < 1.29 is 56.5 Å². The minimum atomic E-state index is -4.95. The van der Waals surface area contributed by atoms with Gasteiger partial charge in [0.05, 0.1) is 11.6 Å². The van der Waals surface area contributed by atoms with Gasteiger partial charge in [0.25, 0.3) is 0 Å². The first-order valence-electron chi connectivity index (χ1n) is 16.3. The Hall–Kier alpha value is -6.08. The van der Waals surface area contributed by atoms with Crippen LogP contribution in [-0.2, 0) is 30.5 Å². The molecule has 0 aromatic heterocycles. The van der Waals surface area contributed by atoms with Crippen LogP contribution in [0.1, 0.15) is 48.3 Å². The van der Waals surface area contributed by atoms with Crippen LogP contribution in [0.15, 0.2) is 78.9 Å². The second-order valence-corrected chi connectivity index (χ2v) is 12.0. The SMILES string of the molecule is N#Cc1ccc(-c2ccc(OC(F)(F)F)c(CN[C@H]3CCN(C(=O)CN4C(=O)CCCC4=O)C[C@H]3c3ccccc3)c2)c(F)c1.O=C(O)/C=C/C(=O)O. The van der Waals surface area contributed by atoms with Crippen molar-refractivity contribution in [2.45, 2.75) is 50.6 Å². The number of imide groups is 1. The molecule has 2 aliphatic rings. The third-order valence-corrected chi connectivity index (χ3v) is 8.49. The van der Waals surface area contributed by atoms with E-state index in [2.05, 4.69) is 10.1 Å². The Morgan fingerprint density at radius 2 is 1.62 bits per heavy atom. The van der Waals surface area contributed by atoms with E-state index in [1.165, 1.54) is 24.3 Å². The highest BCUT2D eigenvalue weighted by molar-refractivity contribution is 6.00. The Labute approximate surface area is 300 Å². The fourth-order valence-corrected chi connectivity index (χ4v) is 5.98. The maximum absolute atomic E-state index is 14.8. The molecule has 0 saturated carbocycles. The number of hydrogen-bond donors (Lipinski definition) is 3. The van der Waals surface area contributed by atoms with E-state index in [1.54, 1.807) is 4.90 Å². The minimum Gasteiger partial charge on any atom is -0.478 e. The van der Waals surface area contributed by atoms with Crippen molar-refractivity contribution in [3.05, 3.63) is 101 Å². The van der Waals surface area contributed by atoms with E-state index < -0.39 is 29.9 Å². The van der Waals surface area contributed by atoms with Gasteiger partial charge in [0.15, 0.2) is 0 Å². The molecule has 0 spiro atoms. The van der Waals surface area contributed by atoms with E-state index in [1.807, 2.05) is 36.4 Å². The number of nitrogens with zero attached hydrogens (tertiary/aromatic N) is 3. The third-order valence-electron chi connectivity index (χ3n) is 8.49. The lowest BCUT2D eigenvalue weighted by atomic mass is 9.85. The molecule has 3 aromatic rings. The van der Waals surface area contributed by atoms with E-state index in [0.29, 0.717) is 37.1 Å². The topological polar surface area (TPSA) is 177 Å². The lowest BCUT2D eigenvalue weighted by Gasteiger charge is -2.40. The molecule has 2 aliphatic heterocycles. The summed E-state index contributed by atoms with van der Waals surface area (Å²) in [6, 6.07) is 18.7. The first-order chi connectivity index (χ1) is 25.1. The number of benzene rings is 3. The standard InChI is InChI=1S/C33H30F4N4O4.C4H4O4/c34-27-15-21(17-38)9-11-25(27)23-10-12-29(45-33(35,36)37)24(16-23)18-39-28-13-14-40(19-26(28)22-5-2-1-3-6-22)32(44)20-41-30(42)7-4-8-31(41)43;5-3(6)1-2-4(7)8/h1-3,5-6,9-12,15-16,26,28,39H,4,7-8,13-14,18-20H2;1-2H,(H,5,6)(H,7,8)/b;2-1+/t26-,28-;/m0./s1. The first-order valence-corrected chi connectivity index (χ1v) is 16.3. The van der Waals surface area contributed by atoms with Crippen LogP contribution >= 0.6 is 0 Å². The van der Waals surface area contributed by atoms with Crippen LogP contribution in [0.25, 0.3) is 11.1 Å². The third kappa shape index (κ3) is 11.5. The van der Waals surface area contributed by atoms with E-state index in [9.17, 15) is 41.5 Å². The molecule has 0 aliphatic carbocycles. The Balaban J connectivity index is 0.000000703. The fraction of sp³-hybridized carbons (Fsp3) is 0.297. The monoisotopic (exact) mass is 738 g/mol. The second-order valence-electron chi connectivity index (χ2n) is 12.0. The quantitative estimate of drug-likeness (QED) is 0.146. The molecule has 2 atom stereocenters. The Kier molecular flexibility index (Phi) is 13.4. The van der Waals surface area contributed by atoms with E-state index in [4.69, 9.17) is 15.5 Å². The molecule has 3 amide bonds. The zero-order valence-electron chi connectivity index (χ0n) is 28.0. The van der Waals surface area contributed by atoms with Crippen LogP contribution in [0.4, 0.5) is 17.6 Å². The number of carbonyl (C=O) groups is 5. The largest absolute Gasteiger partial charge is 0.573 e. The van der Waals surface area contributed by atoms with E-state index in [0.717, 1.165) is 22.6 Å². The van der Waals surface area contributed by atoms with Crippen molar-refractivity contribution in [1.82, 2.24) is 15.1 Å². The highest BCUT2D eigenvalue weighted by atomic mass is 19.4. The molecule has 0 unspecified atom stereocenters. The van der Waals surface area contributed by atoms with Crippen LogP contribution in [0, 0.1) is 17.1 Å². The maximum Gasteiger partial charge on any atom is 0.573 e. The number of carbonyl (C=O) groups excluding carboxylic acids is 3. The van der Waals surface area contributed by atoms with Crippen LogP contribution in [-0.4, -0.2) is 81.7 Å². The average Bonchev–Trinajstić information content (AvgIpc) is 3.12. The summed E-state index contributed by atoms with van der Waals surface area (Å²) in [6.45, 7) is 0.182. The van der Waals surface area contributed by atoms with Gasteiger partial charge >= 0.3 is 18.3 Å². The van der Waals surface area contributed by atoms with Crippen molar-refractivity contribution in [3.63, 3.8) is 0 Å². The fourth-order valence-electron chi connectivity index (χ4n) is 5.98. The number of nitrogens with one attached hydrogen (secondary N) is 1. The van der Waals surface area contributed by atoms with Gasteiger partial charge in [-0.15, -0.1) is 13.2 Å². The molecule has 3 aromatic carbocycles. The molecule has 0 radical (unpaired) electrons. The van der Waals surface area contributed by atoms with Crippen molar-refractivity contribution in [2.75, 3.05) is 19.6 Å². The normalized spacial score (nSPS) is 17.5. The molecular formula is C37H34F4N4O8. The van der Waals surface area contributed by atoms with Crippen LogP contribution in [0.3, 0.4) is 0 Å². The maximum atomic E-state index is 14.8. The Morgan fingerprint density at radius 1 is 0.962 bits per heavy atom. The highest BCUT2D eigenvalue weighted by Gasteiger charge is 2.36. The van der Waals surface area contributed by atoms with Crippen molar-refractivity contribution in [1.29, 1.82) is 5.26 Å². The lowest BCUT2D eigenvalue weighted by molar-refractivity contribution is -0.275. The molecule has 53 heavy (non-hydrogen) atoms. The molecule has 2 heterocycles. The minimum absolute atomic E-state index is 0.0596. The molecule has 0 bridgehead atoms. The van der Waals surface area contributed by atoms with Gasteiger partial charge in [-0.3, -0.25) is 19.3 Å². The second kappa shape index (κ2) is 17.9. The van der Waals surface area contributed by atoms with Gasteiger partial charge in [-0.1, -0.05) is 42.5 Å². The number of amides is 3. The molecule has 12 nitrogen and oxygen atoms in total. The first kappa shape index (κ1) is 39.7. The summed E-state index contributed by atoms with van der Waals surface area (Å²) in [5.74, 6) is -4.98. The number of rotatable bonds is 10. The number of halogens is 4. The zero-order valence-corrected chi connectivity index (χ0v) is 28.0. The van der Waals surface area contributed by atoms with Gasteiger partial charge in [-0.25, -0.2) is 14.0 Å². The summed E-state index contributed by atoms with van der Waals surface area (Å²) >= 11 is 0. The number of nitriles is 1. The van der Waals surface area contributed by atoms with Crippen LogP contribution in [0.5, 0.6) is 5.75 Å². The highest BCUT2D eigenvalue weighted by Crippen LogP contribution is 2.34.